The summed E-state index contributed by atoms with van der Waals surface area (Å²) in [6.45, 7) is 0.0933. The Labute approximate surface area is 159 Å². The van der Waals surface area contributed by atoms with Gasteiger partial charge in [0.2, 0.25) is 5.91 Å². The van der Waals surface area contributed by atoms with Gasteiger partial charge in [-0.25, -0.2) is 0 Å². The SMILES string of the molecule is NC1(C(=O)NCc2ncc(Nc3ccccc3C(F)(F)F)cc2Cl)CCC1. The van der Waals surface area contributed by atoms with Gasteiger partial charge in [-0.05, 0) is 37.5 Å². The van der Waals surface area contributed by atoms with Crippen LogP contribution in [0.3, 0.4) is 0 Å². The fourth-order valence-electron chi connectivity index (χ4n) is 2.78. The van der Waals surface area contributed by atoms with Crippen molar-refractivity contribution in [2.24, 2.45) is 5.73 Å². The molecule has 1 aromatic heterocycles. The van der Waals surface area contributed by atoms with E-state index in [0.717, 1.165) is 12.5 Å². The highest BCUT2D eigenvalue weighted by Gasteiger charge is 2.39. The Balaban J connectivity index is 1.70. The number of para-hydroxylation sites is 1. The van der Waals surface area contributed by atoms with E-state index in [4.69, 9.17) is 17.3 Å². The second-order valence-electron chi connectivity index (χ2n) is 6.51. The van der Waals surface area contributed by atoms with Gasteiger partial charge >= 0.3 is 6.18 Å². The molecule has 0 aliphatic heterocycles. The van der Waals surface area contributed by atoms with Crippen LogP contribution in [0.4, 0.5) is 24.5 Å². The molecule has 2 aromatic rings. The molecule has 4 N–H and O–H groups in total. The van der Waals surface area contributed by atoms with Crippen molar-refractivity contribution >= 4 is 28.9 Å². The number of carbonyl (C=O) groups excluding carboxylic acids is 1. The van der Waals surface area contributed by atoms with Crippen LogP contribution in [0.5, 0.6) is 0 Å². The quantitative estimate of drug-likeness (QED) is 0.711. The summed E-state index contributed by atoms with van der Waals surface area (Å²) in [5, 5.41) is 5.61. The molecule has 1 aliphatic carbocycles. The van der Waals surface area contributed by atoms with Crippen molar-refractivity contribution in [1.82, 2.24) is 10.3 Å². The number of hydrogen-bond acceptors (Lipinski definition) is 4. The van der Waals surface area contributed by atoms with Gasteiger partial charge in [0.15, 0.2) is 0 Å². The monoisotopic (exact) mass is 398 g/mol. The molecule has 9 heteroatoms. The van der Waals surface area contributed by atoms with Crippen molar-refractivity contribution in [3.63, 3.8) is 0 Å². The number of rotatable bonds is 5. The van der Waals surface area contributed by atoms with Gasteiger partial charge in [0.1, 0.15) is 0 Å². The average molecular weight is 399 g/mol. The third kappa shape index (κ3) is 4.33. The zero-order valence-corrected chi connectivity index (χ0v) is 15.0. The Morgan fingerprint density at radius 1 is 1.30 bits per heavy atom. The van der Waals surface area contributed by atoms with Gasteiger partial charge in [0, 0.05) is 0 Å². The molecule has 1 amide bonds. The Kier molecular flexibility index (Phi) is 5.30. The van der Waals surface area contributed by atoms with E-state index in [1.807, 2.05) is 0 Å². The van der Waals surface area contributed by atoms with Gasteiger partial charge in [-0.1, -0.05) is 23.7 Å². The highest BCUT2D eigenvalue weighted by Crippen LogP contribution is 2.36. The van der Waals surface area contributed by atoms with E-state index >= 15 is 0 Å². The topological polar surface area (TPSA) is 80.0 Å². The van der Waals surface area contributed by atoms with E-state index in [1.165, 1.54) is 30.5 Å². The van der Waals surface area contributed by atoms with Crippen molar-refractivity contribution in [3.05, 3.63) is 52.8 Å². The first-order valence-corrected chi connectivity index (χ1v) is 8.72. The third-order valence-corrected chi connectivity index (χ3v) is 4.87. The zero-order chi connectivity index (χ0) is 19.7. The Morgan fingerprint density at radius 3 is 2.59 bits per heavy atom. The molecular formula is C18H18ClF3N4O. The molecule has 1 fully saturated rings. The van der Waals surface area contributed by atoms with Gasteiger partial charge in [-0.2, -0.15) is 13.2 Å². The van der Waals surface area contributed by atoms with Crippen LogP contribution in [0.25, 0.3) is 0 Å². The summed E-state index contributed by atoms with van der Waals surface area (Å²) in [5.41, 5.74) is 4.94. The second kappa shape index (κ2) is 7.36. The summed E-state index contributed by atoms with van der Waals surface area (Å²) >= 11 is 6.16. The molecule has 0 atom stereocenters. The minimum atomic E-state index is -4.48. The fourth-order valence-corrected chi connectivity index (χ4v) is 3.02. The molecular weight excluding hydrogens is 381 g/mol. The van der Waals surface area contributed by atoms with Crippen molar-refractivity contribution in [2.75, 3.05) is 5.32 Å². The molecule has 27 heavy (non-hydrogen) atoms. The summed E-state index contributed by atoms with van der Waals surface area (Å²) < 4.78 is 39.2. The number of aromatic nitrogens is 1. The molecule has 0 saturated heterocycles. The minimum absolute atomic E-state index is 0.0933. The number of nitrogens with two attached hydrogens (primary N) is 1. The number of nitrogens with one attached hydrogen (secondary N) is 2. The van der Waals surface area contributed by atoms with Gasteiger partial charge in [-0.15, -0.1) is 0 Å². The second-order valence-corrected chi connectivity index (χ2v) is 6.92. The molecule has 1 saturated carbocycles. The molecule has 144 valence electrons. The predicted molar refractivity (Wildman–Crippen MR) is 96.6 cm³/mol. The standard InChI is InChI=1S/C18H18ClF3N4O/c19-13-8-11(26-14-5-2-1-4-12(14)18(20,21)22)9-24-15(13)10-25-16(27)17(23)6-3-7-17/h1-2,4-5,8-9,26H,3,6-7,10,23H2,(H,25,27). The first-order valence-electron chi connectivity index (χ1n) is 8.34. The van der Waals surface area contributed by atoms with E-state index in [9.17, 15) is 18.0 Å². The summed E-state index contributed by atoms with van der Waals surface area (Å²) in [6.07, 6.45) is -0.918. The zero-order valence-electron chi connectivity index (χ0n) is 14.2. The van der Waals surface area contributed by atoms with Crippen LogP contribution in [-0.4, -0.2) is 16.4 Å². The molecule has 1 heterocycles. The van der Waals surface area contributed by atoms with Gasteiger partial charge in [0.05, 0.1) is 45.9 Å². The maximum atomic E-state index is 13.1. The normalized spacial score (nSPS) is 15.7. The van der Waals surface area contributed by atoms with Crippen LogP contribution < -0.4 is 16.4 Å². The number of anilines is 2. The van der Waals surface area contributed by atoms with Gasteiger partial charge in [0.25, 0.3) is 0 Å². The van der Waals surface area contributed by atoms with E-state index in [0.29, 0.717) is 24.2 Å². The molecule has 5 nitrogen and oxygen atoms in total. The summed E-state index contributed by atoms with van der Waals surface area (Å²) in [5.74, 6) is -0.257. The molecule has 1 aliphatic rings. The molecule has 0 spiro atoms. The lowest BCUT2D eigenvalue weighted by molar-refractivity contribution is -0.137. The lowest BCUT2D eigenvalue weighted by atomic mass is 9.77. The van der Waals surface area contributed by atoms with Crippen LogP contribution >= 0.6 is 11.6 Å². The highest BCUT2D eigenvalue weighted by atomic mass is 35.5. The van der Waals surface area contributed by atoms with Crippen LogP contribution in [0.2, 0.25) is 5.02 Å². The number of alkyl halides is 3. The summed E-state index contributed by atoms with van der Waals surface area (Å²) in [6, 6.07) is 6.59. The number of halogens is 4. The van der Waals surface area contributed by atoms with E-state index in [1.54, 1.807) is 0 Å². The van der Waals surface area contributed by atoms with Crippen molar-refractivity contribution in [3.8, 4) is 0 Å². The molecule has 0 bridgehead atoms. The Morgan fingerprint density at radius 2 is 2.00 bits per heavy atom. The Bertz CT molecular complexity index is 853. The van der Waals surface area contributed by atoms with E-state index in [-0.39, 0.29) is 23.2 Å². The third-order valence-electron chi connectivity index (χ3n) is 4.54. The average Bonchev–Trinajstić information content (AvgIpc) is 2.58. The maximum absolute atomic E-state index is 13.1. The van der Waals surface area contributed by atoms with Crippen molar-refractivity contribution < 1.29 is 18.0 Å². The molecule has 0 radical (unpaired) electrons. The number of benzene rings is 1. The maximum Gasteiger partial charge on any atom is 0.418 e. The first kappa shape index (κ1) is 19.4. The number of pyridine rings is 1. The molecule has 3 rings (SSSR count). The van der Waals surface area contributed by atoms with Crippen LogP contribution in [-0.2, 0) is 17.5 Å². The van der Waals surface area contributed by atoms with Crippen LogP contribution in [0.1, 0.15) is 30.5 Å². The lowest BCUT2D eigenvalue weighted by Gasteiger charge is -2.36. The predicted octanol–water partition coefficient (Wildman–Crippen LogP) is 4.00. The van der Waals surface area contributed by atoms with Crippen LogP contribution in [0, 0.1) is 0 Å². The molecule has 1 aromatic carbocycles. The minimum Gasteiger partial charge on any atom is -0.354 e. The number of nitrogens with zero attached hydrogens (tertiary/aromatic N) is 1. The highest BCUT2D eigenvalue weighted by molar-refractivity contribution is 6.31. The molecule has 0 unspecified atom stereocenters. The van der Waals surface area contributed by atoms with Gasteiger partial charge in [-0.3, -0.25) is 9.78 Å². The Hall–Kier alpha value is -2.32. The van der Waals surface area contributed by atoms with Gasteiger partial charge < -0.3 is 16.4 Å². The lowest BCUT2D eigenvalue weighted by Crippen LogP contribution is -2.58. The number of carbonyl (C=O) groups is 1. The first-order chi connectivity index (χ1) is 12.7. The van der Waals surface area contributed by atoms with Crippen molar-refractivity contribution in [1.29, 1.82) is 0 Å². The fraction of sp³-hybridized carbons (Fsp3) is 0.333. The van der Waals surface area contributed by atoms with E-state index < -0.39 is 17.3 Å². The van der Waals surface area contributed by atoms with E-state index in [2.05, 4.69) is 15.6 Å². The van der Waals surface area contributed by atoms with Crippen molar-refractivity contribution in [2.45, 2.75) is 37.5 Å². The number of hydrogen-bond donors (Lipinski definition) is 3. The summed E-state index contributed by atoms with van der Waals surface area (Å²) in [4.78, 5) is 16.2. The number of amides is 1. The summed E-state index contributed by atoms with van der Waals surface area (Å²) in [7, 11) is 0. The smallest absolute Gasteiger partial charge is 0.354 e. The largest absolute Gasteiger partial charge is 0.418 e. The van der Waals surface area contributed by atoms with Crippen LogP contribution in [0.15, 0.2) is 36.5 Å².